The molecule has 0 aliphatic rings. The third kappa shape index (κ3) is 6.58. The van der Waals surface area contributed by atoms with E-state index in [0.29, 0.717) is 17.9 Å². The standard InChI is InChI=1S/C21H23NO5/c1-14-7-9-17(10-8-14)12-22-21(25)16(3)27-20(24)13-26-19-6-4-5-18(11-19)15(2)23/h4-11,16H,12-13H2,1-3H3,(H,22,25)/t16-/m1/s1. The molecule has 0 saturated heterocycles. The summed E-state index contributed by atoms with van der Waals surface area (Å²) in [5, 5.41) is 2.72. The van der Waals surface area contributed by atoms with Gasteiger partial charge in [-0.15, -0.1) is 0 Å². The number of aryl methyl sites for hydroxylation is 1. The first-order valence-electron chi connectivity index (χ1n) is 8.61. The van der Waals surface area contributed by atoms with Gasteiger partial charge < -0.3 is 14.8 Å². The zero-order valence-electron chi connectivity index (χ0n) is 15.7. The lowest BCUT2D eigenvalue weighted by Gasteiger charge is -2.14. The number of Topliss-reactive ketones (excluding diaryl/α,β-unsaturated/α-hetero) is 1. The summed E-state index contributed by atoms with van der Waals surface area (Å²) in [5.41, 5.74) is 2.59. The van der Waals surface area contributed by atoms with Gasteiger partial charge in [-0.2, -0.15) is 0 Å². The van der Waals surface area contributed by atoms with E-state index in [1.807, 2.05) is 31.2 Å². The van der Waals surface area contributed by atoms with Crippen LogP contribution in [0.3, 0.4) is 0 Å². The Morgan fingerprint density at radius 2 is 1.78 bits per heavy atom. The molecule has 2 rings (SSSR count). The minimum atomic E-state index is -0.935. The van der Waals surface area contributed by atoms with Crippen LogP contribution in [-0.2, 0) is 20.9 Å². The molecule has 27 heavy (non-hydrogen) atoms. The van der Waals surface area contributed by atoms with Crippen LogP contribution in [0.4, 0.5) is 0 Å². The molecule has 0 aliphatic heterocycles. The summed E-state index contributed by atoms with van der Waals surface area (Å²) in [5.74, 6) is -0.762. The smallest absolute Gasteiger partial charge is 0.344 e. The number of carbonyl (C=O) groups is 3. The Labute approximate surface area is 158 Å². The summed E-state index contributed by atoms with van der Waals surface area (Å²) in [6.45, 7) is 4.94. The van der Waals surface area contributed by atoms with Gasteiger partial charge in [0.25, 0.3) is 5.91 Å². The van der Waals surface area contributed by atoms with Crippen LogP contribution in [0.5, 0.6) is 5.75 Å². The zero-order chi connectivity index (χ0) is 19.8. The van der Waals surface area contributed by atoms with Crippen molar-refractivity contribution in [2.75, 3.05) is 6.61 Å². The number of nitrogens with one attached hydrogen (secondary N) is 1. The Balaban J connectivity index is 1.77. The first kappa shape index (κ1) is 20.2. The molecule has 0 unspecified atom stereocenters. The van der Waals surface area contributed by atoms with E-state index >= 15 is 0 Å². The predicted molar refractivity (Wildman–Crippen MR) is 101 cm³/mol. The second-order valence-corrected chi connectivity index (χ2v) is 6.21. The first-order chi connectivity index (χ1) is 12.8. The number of carbonyl (C=O) groups excluding carboxylic acids is 3. The van der Waals surface area contributed by atoms with Crippen molar-refractivity contribution in [3.05, 3.63) is 65.2 Å². The fraction of sp³-hybridized carbons (Fsp3) is 0.286. The van der Waals surface area contributed by atoms with Crippen molar-refractivity contribution in [1.82, 2.24) is 5.32 Å². The molecule has 2 aromatic carbocycles. The van der Waals surface area contributed by atoms with E-state index in [4.69, 9.17) is 9.47 Å². The number of benzene rings is 2. The fourth-order valence-electron chi connectivity index (χ4n) is 2.27. The molecular weight excluding hydrogens is 346 g/mol. The average Bonchev–Trinajstić information content (AvgIpc) is 2.65. The van der Waals surface area contributed by atoms with Crippen LogP contribution in [0, 0.1) is 6.92 Å². The second kappa shape index (κ2) is 9.52. The van der Waals surface area contributed by atoms with Crippen molar-refractivity contribution in [3.8, 4) is 5.75 Å². The Hall–Kier alpha value is -3.15. The van der Waals surface area contributed by atoms with Gasteiger partial charge in [0, 0.05) is 12.1 Å². The third-order valence-corrected chi connectivity index (χ3v) is 3.86. The molecule has 0 heterocycles. The molecule has 0 aromatic heterocycles. The van der Waals surface area contributed by atoms with Gasteiger partial charge in [0.2, 0.25) is 0 Å². The van der Waals surface area contributed by atoms with E-state index in [9.17, 15) is 14.4 Å². The van der Waals surface area contributed by atoms with Gasteiger partial charge in [-0.1, -0.05) is 42.0 Å². The molecule has 0 bridgehead atoms. The monoisotopic (exact) mass is 369 g/mol. The predicted octanol–water partition coefficient (Wildman–Crippen LogP) is 2.82. The molecule has 0 spiro atoms. The van der Waals surface area contributed by atoms with Crippen molar-refractivity contribution >= 4 is 17.7 Å². The minimum absolute atomic E-state index is 0.0955. The van der Waals surface area contributed by atoms with E-state index in [-0.39, 0.29) is 18.3 Å². The maximum atomic E-state index is 12.0. The first-order valence-corrected chi connectivity index (χ1v) is 8.61. The van der Waals surface area contributed by atoms with E-state index in [2.05, 4.69) is 5.32 Å². The summed E-state index contributed by atoms with van der Waals surface area (Å²) in [6.07, 6.45) is -0.935. The van der Waals surface area contributed by atoms with Gasteiger partial charge >= 0.3 is 5.97 Å². The highest BCUT2D eigenvalue weighted by molar-refractivity contribution is 5.94. The molecule has 2 aromatic rings. The summed E-state index contributed by atoms with van der Waals surface area (Å²) >= 11 is 0. The van der Waals surface area contributed by atoms with Crippen LogP contribution >= 0.6 is 0 Å². The number of esters is 1. The van der Waals surface area contributed by atoms with Crippen LogP contribution in [0.2, 0.25) is 0 Å². The lowest BCUT2D eigenvalue weighted by Crippen LogP contribution is -2.36. The van der Waals surface area contributed by atoms with E-state index in [0.717, 1.165) is 11.1 Å². The number of ketones is 1. The SMILES string of the molecule is CC(=O)c1cccc(OCC(=O)O[C@H](C)C(=O)NCc2ccc(C)cc2)c1. The summed E-state index contributed by atoms with van der Waals surface area (Å²) < 4.78 is 10.4. The van der Waals surface area contributed by atoms with E-state index in [1.54, 1.807) is 24.3 Å². The van der Waals surface area contributed by atoms with Crippen LogP contribution in [0.15, 0.2) is 48.5 Å². The normalized spacial score (nSPS) is 11.4. The molecular formula is C21H23NO5. The third-order valence-electron chi connectivity index (χ3n) is 3.86. The molecule has 6 nitrogen and oxygen atoms in total. The molecule has 0 radical (unpaired) electrons. The zero-order valence-corrected chi connectivity index (χ0v) is 15.7. The molecule has 1 N–H and O–H groups in total. The van der Waals surface area contributed by atoms with Gasteiger partial charge in [0.15, 0.2) is 18.5 Å². The van der Waals surface area contributed by atoms with Gasteiger partial charge in [-0.05, 0) is 38.5 Å². The lowest BCUT2D eigenvalue weighted by molar-refractivity contribution is -0.156. The van der Waals surface area contributed by atoms with Crippen LogP contribution in [0.25, 0.3) is 0 Å². The molecule has 1 atom stereocenters. The molecule has 0 aliphatic carbocycles. The molecule has 0 saturated carbocycles. The maximum Gasteiger partial charge on any atom is 0.344 e. The lowest BCUT2D eigenvalue weighted by atomic mass is 10.1. The van der Waals surface area contributed by atoms with Crippen molar-refractivity contribution < 1.29 is 23.9 Å². The maximum absolute atomic E-state index is 12.0. The Kier molecular flexibility index (Phi) is 7.11. The Bertz CT molecular complexity index is 814. The van der Waals surface area contributed by atoms with Crippen molar-refractivity contribution in [3.63, 3.8) is 0 Å². The number of rotatable bonds is 8. The fourth-order valence-corrected chi connectivity index (χ4v) is 2.27. The van der Waals surface area contributed by atoms with Crippen LogP contribution < -0.4 is 10.1 Å². The van der Waals surface area contributed by atoms with Crippen molar-refractivity contribution in [1.29, 1.82) is 0 Å². The summed E-state index contributed by atoms with van der Waals surface area (Å²) in [6, 6.07) is 14.3. The quantitative estimate of drug-likeness (QED) is 0.572. The van der Waals surface area contributed by atoms with Crippen LogP contribution in [-0.4, -0.2) is 30.4 Å². The van der Waals surface area contributed by atoms with Gasteiger partial charge in [-0.25, -0.2) is 4.79 Å². The van der Waals surface area contributed by atoms with Crippen molar-refractivity contribution in [2.24, 2.45) is 0 Å². The number of hydrogen-bond acceptors (Lipinski definition) is 5. The highest BCUT2D eigenvalue weighted by Crippen LogP contribution is 2.13. The van der Waals surface area contributed by atoms with Crippen molar-refractivity contribution in [2.45, 2.75) is 33.4 Å². The second-order valence-electron chi connectivity index (χ2n) is 6.21. The highest BCUT2D eigenvalue weighted by Gasteiger charge is 2.18. The number of hydrogen-bond donors (Lipinski definition) is 1. The molecule has 0 fully saturated rings. The number of amides is 1. The minimum Gasteiger partial charge on any atom is -0.482 e. The van der Waals surface area contributed by atoms with Gasteiger partial charge in [0.1, 0.15) is 5.75 Å². The summed E-state index contributed by atoms with van der Waals surface area (Å²) in [7, 11) is 0. The molecule has 142 valence electrons. The van der Waals surface area contributed by atoms with E-state index in [1.165, 1.54) is 13.8 Å². The topological polar surface area (TPSA) is 81.7 Å². The Morgan fingerprint density at radius 1 is 1.07 bits per heavy atom. The molecule has 6 heteroatoms. The largest absolute Gasteiger partial charge is 0.482 e. The average molecular weight is 369 g/mol. The molecule has 1 amide bonds. The summed E-state index contributed by atoms with van der Waals surface area (Å²) in [4.78, 5) is 35.3. The number of ether oxygens (including phenoxy) is 2. The van der Waals surface area contributed by atoms with E-state index < -0.39 is 12.1 Å². The Morgan fingerprint density at radius 3 is 2.44 bits per heavy atom. The van der Waals surface area contributed by atoms with Crippen LogP contribution in [0.1, 0.15) is 35.3 Å². The van der Waals surface area contributed by atoms with Gasteiger partial charge in [0.05, 0.1) is 0 Å². The van der Waals surface area contributed by atoms with Gasteiger partial charge in [-0.3, -0.25) is 9.59 Å². The highest BCUT2D eigenvalue weighted by atomic mass is 16.6.